The van der Waals surface area contributed by atoms with Crippen LogP contribution in [0.15, 0.2) is 30.7 Å². The Morgan fingerprint density at radius 2 is 2.33 bits per heavy atom. The zero-order chi connectivity index (χ0) is 10.7. The van der Waals surface area contributed by atoms with E-state index in [1.165, 1.54) is 6.07 Å². The molecule has 2 aromatic rings. The Kier molecular flexibility index (Phi) is 2.67. The average Bonchev–Trinajstić information content (AvgIpc) is 2.74. The zero-order valence-electron chi connectivity index (χ0n) is 8.33. The number of benzene rings is 1. The third-order valence-corrected chi connectivity index (χ3v) is 2.19. The third kappa shape index (κ3) is 2.15. The summed E-state index contributed by atoms with van der Waals surface area (Å²) in [5.74, 6) is 0.427. The summed E-state index contributed by atoms with van der Waals surface area (Å²) in [7, 11) is 1.56. The topological polar surface area (TPSA) is 37.9 Å². The Balaban J connectivity index is 2.27. The smallest absolute Gasteiger partial charge is 0.127 e. The molecule has 3 nitrogen and oxygen atoms in total. The second-order valence-electron chi connectivity index (χ2n) is 3.21. The minimum Gasteiger partial charge on any atom is -0.497 e. The van der Waals surface area contributed by atoms with Crippen molar-refractivity contribution in [2.45, 2.75) is 6.42 Å². The molecule has 1 aromatic carbocycles. The highest BCUT2D eigenvalue weighted by Gasteiger charge is 2.05. The van der Waals surface area contributed by atoms with Crippen molar-refractivity contribution in [2.24, 2.45) is 0 Å². The van der Waals surface area contributed by atoms with Gasteiger partial charge < -0.3 is 9.72 Å². The van der Waals surface area contributed by atoms with Crippen LogP contribution >= 0.6 is 0 Å². The van der Waals surface area contributed by atoms with Crippen molar-refractivity contribution in [3.05, 3.63) is 47.8 Å². The van der Waals surface area contributed by atoms with Crippen LogP contribution in [0.3, 0.4) is 0 Å². The Bertz CT molecular complexity index is 440. The minimum atomic E-state index is -0.231. The second-order valence-corrected chi connectivity index (χ2v) is 3.21. The quantitative estimate of drug-likeness (QED) is 0.835. The van der Waals surface area contributed by atoms with Gasteiger partial charge in [0.25, 0.3) is 0 Å². The predicted octanol–water partition coefficient (Wildman–Crippen LogP) is 2.15. The van der Waals surface area contributed by atoms with Crippen LogP contribution in [0.2, 0.25) is 0 Å². The van der Waals surface area contributed by atoms with Gasteiger partial charge in [-0.05, 0) is 23.8 Å². The van der Waals surface area contributed by atoms with Gasteiger partial charge in [0.1, 0.15) is 11.6 Å². The summed E-state index contributed by atoms with van der Waals surface area (Å²) >= 11 is 0. The lowest BCUT2D eigenvalue weighted by Crippen LogP contribution is -1.94. The zero-order valence-corrected chi connectivity index (χ0v) is 8.33. The largest absolute Gasteiger partial charge is 0.497 e. The summed E-state index contributed by atoms with van der Waals surface area (Å²) in [6.07, 6.45) is 3.75. The number of ether oxygens (including phenoxy) is 1. The number of imidazole rings is 1. The van der Waals surface area contributed by atoms with Gasteiger partial charge in [-0.25, -0.2) is 9.37 Å². The van der Waals surface area contributed by atoms with Crippen LogP contribution in [0, 0.1) is 5.82 Å². The van der Waals surface area contributed by atoms with Gasteiger partial charge in [-0.2, -0.15) is 0 Å². The molecule has 0 spiro atoms. The van der Waals surface area contributed by atoms with Crippen molar-refractivity contribution >= 4 is 0 Å². The molecule has 0 aliphatic carbocycles. The molecule has 0 saturated carbocycles. The summed E-state index contributed by atoms with van der Waals surface area (Å²) < 4.78 is 18.4. The predicted molar refractivity (Wildman–Crippen MR) is 54.3 cm³/mol. The van der Waals surface area contributed by atoms with E-state index < -0.39 is 0 Å². The molecule has 0 saturated heterocycles. The van der Waals surface area contributed by atoms with Crippen molar-refractivity contribution in [1.29, 1.82) is 0 Å². The lowest BCUT2D eigenvalue weighted by molar-refractivity contribution is 0.413. The number of nitrogens with one attached hydrogen (secondary N) is 1. The van der Waals surface area contributed by atoms with E-state index in [0.29, 0.717) is 17.7 Å². The average molecular weight is 206 g/mol. The molecular weight excluding hydrogens is 195 g/mol. The summed E-state index contributed by atoms with van der Waals surface area (Å²) in [5, 5.41) is 0. The van der Waals surface area contributed by atoms with E-state index in [0.717, 1.165) is 5.69 Å². The lowest BCUT2D eigenvalue weighted by Gasteiger charge is -2.04. The minimum absolute atomic E-state index is 0.231. The van der Waals surface area contributed by atoms with E-state index >= 15 is 0 Å². The fourth-order valence-corrected chi connectivity index (χ4v) is 1.40. The molecule has 0 aliphatic rings. The van der Waals surface area contributed by atoms with Gasteiger partial charge in [-0.15, -0.1) is 0 Å². The highest BCUT2D eigenvalue weighted by Crippen LogP contribution is 2.18. The summed E-state index contributed by atoms with van der Waals surface area (Å²) in [5.41, 5.74) is 1.47. The van der Waals surface area contributed by atoms with E-state index in [4.69, 9.17) is 4.74 Å². The Hall–Kier alpha value is -1.84. The second kappa shape index (κ2) is 4.13. The number of methoxy groups -OCH3 is 1. The standard InChI is InChI=1S/C11H11FN2O/c1-15-10-2-3-11(12)8(5-10)4-9-6-13-7-14-9/h2-3,5-7H,4H2,1H3,(H,13,14). The van der Waals surface area contributed by atoms with Gasteiger partial charge >= 0.3 is 0 Å². The van der Waals surface area contributed by atoms with Crippen molar-refractivity contribution in [3.63, 3.8) is 0 Å². The van der Waals surface area contributed by atoms with Crippen LogP contribution < -0.4 is 4.74 Å². The van der Waals surface area contributed by atoms with E-state index in [1.807, 2.05) is 0 Å². The molecule has 0 aliphatic heterocycles. The number of rotatable bonds is 3. The van der Waals surface area contributed by atoms with Gasteiger partial charge in [0.05, 0.1) is 13.4 Å². The van der Waals surface area contributed by atoms with E-state index in [2.05, 4.69) is 9.97 Å². The highest BCUT2D eigenvalue weighted by molar-refractivity contribution is 5.32. The number of hydrogen-bond donors (Lipinski definition) is 1. The third-order valence-electron chi connectivity index (χ3n) is 2.19. The molecule has 0 unspecified atom stereocenters. The van der Waals surface area contributed by atoms with Gasteiger partial charge in [-0.1, -0.05) is 0 Å². The first-order chi connectivity index (χ1) is 7.29. The number of aromatic nitrogens is 2. The molecule has 0 radical (unpaired) electrons. The SMILES string of the molecule is COc1ccc(F)c(Cc2cnc[nH]2)c1. The number of nitrogens with zero attached hydrogens (tertiary/aromatic N) is 1. The molecule has 78 valence electrons. The van der Waals surface area contributed by atoms with Crippen molar-refractivity contribution < 1.29 is 9.13 Å². The molecule has 0 atom stereocenters. The monoisotopic (exact) mass is 206 g/mol. The molecule has 1 heterocycles. The number of hydrogen-bond acceptors (Lipinski definition) is 2. The first kappa shape index (κ1) is 9.71. The molecule has 15 heavy (non-hydrogen) atoms. The van der Waals surface area contributed by atoms with E-state index in [-0.39, 0.29) is 5.82 Å². The molecule has 4 heteroatoms. The number of H-pyrrole nitrogens is 1. The molecular formula is C11H11FN2O. The fraction of sp³-hybridized carbons (Fsp3) is 0.182. The van der Waals surface area contributed by atoms with Crippen LogP contribution in [0.25, 0.3) is 0 Å². The Morgan fingerprint density at radius 1 is 1.47 bits per heavy atom. The molecule has 0 bridgehead atoms. The number of aromatic amines is 1. The van der Waals surface area contributed by atoms with E-state index in [9.17, 15) is 4.39 Å². The van der Waals surface area contributed by atoms with Crippen LogP contribution in [0.4, 0.5) is 4.39 Å². The molecule has 0 amide bonds. The molecule has 0 fully saturated rings. The first-order valence-corrected chi connectivity index (χ1v) is 4.59. The summed E-state index contributed by atoms with van der Waals surface area (Å²) in [6, 6.07) is 4.70. The highest BCUT2D eigenvalue weighted by atomic mass is 19.1. The molecule has 1 N–H and O–H groups in total. The lowest BCUT2D eigenvalue weighted by atomic mass is 10.1. The maximum absolute atomic E-state index is 13.4. The molecule has 2 rings (SSSR count). The van der Waals surface area contributed by atoms with Gasteiger partial charge in [0, 0.05) is 18.3 Å². The maximum atomic E-state index is 13.4. The van der Waals surface area contributed by atoms with Gasteiger partial charge in [0.2, 0.25) is 0 Å². The molecule has 1 aromatic heterocycles. The van der Waals surface area contributed by atoms with Crippen molar-refractivity contribution in [3.8, 4) is 5.75 Å². The van der Waals surface area contributed by atoms with Crippen molar-refractivity contribution in [2.75, 3.05) is 7.11 Å². The van der Waals surface area contributed by atoms with E-state index in [1.54, 1.807) is 31.8 Å². The Morgan fingerprint density at radius 3 is 3.00 bits per heavy atom. The summed E-state index contributed by atoms with van der Waals surface area (Å²) in [4.78, 5) is 6.81. The van der Waals surface area contributed by atoms with Crippen LogP contribution in [-0.2, 0) is 6.42 Å². The number of halogens is 1. The fourth-order valence-electron chi connectivity index (χ4n) is 1.40. The van der Waals surface area contributed by atoms with Gasteiger partial charge in [-0.3, -0.25) is 0 Å². The van der Waals surface area contributed by atoms with Gasteiger partial charge in [0.15, 0.2) is 0 Å². The van der Waals surface area contributed by atoms with Crippen LogP contribution in [-0.4, -0.2) is 17.1 Å². The summed E-state index contributed by atoms with van der Waals surface area (Å²) in [6.45, 7) is 0. The van der Waals surface area contributed by atoms with Crippen molar-refractivity contribution in [1.82, 2.24) is 9.97 Å². The Labute approximate surface area is 86.9 Å². The van der Waals surface area contributed by atoms with Crippen LogP contribution in [0.1, 0.15) is 11.3 Å². The normalized spacial score (nSPS) is 10.3. The maximum Gasteiger partial charge on any atom is 0.127 e. The van der Waals surface area contributed by atoms with Crippen LogP contribution in [0.5, 0.6) is 5.75 Å². The first-order valence-electron chi connectivity index (χ1n) is 4.59.